The summed E-state index contributed by atoms with van der Waals surface area (Å²) >= 11 is 0. The second-order valence-electron chi connectivity index (χ2n) is 9.02. The van der Waals surface area contributed by atoms with Gasteiger partial charge in [0.25, 0.3) is 11.8 Å². The van der Waals surface area contributed by atoms with Crippen LogP contribution >= 0.6 is 0 Å². The maximum Gasteiger partial charge on any atom is 0.416 e. The van der Waals surface area contributed by atoms with Gasteiger partial charge < -0.3 is 25.8 Å². The van der Waals surface area contributed by atoms with Crippen molar-refractivity contribution >= 4 is 40.6 Å². The zero-order valence-electron chi connectivity index (χ0n) is 21.7. The summed E-state index contributed by atoms with van der Waals surface area (Å²) in [6, 6.07) is 13.2. The number of amides is 4. The van der Waals surface area contributed by atoms with Crippen molar-refractivity contribution in [3.63, 3.8) is 0 Å². The van der Waals surface area contributed by atoms with Crippen molar-refractivity contribution in [1.29, 1.82) is 0 Å². The SMILES string of the molecule is Cc1ccc(NC(=O)Nc2cccc(C(F)(F)F)c2)cc1NC(=O)c1ccc(C)c(NC(=O)c2cncn2C)c1. The van der Waals surface area contributed by atoms with Gasteiger partial charge in [0.2, 0.25) is 0 Å². The molecule has 0 bridgehead atoms. The molecule has 0 aliphatic heterocycles. The number of imidazole rings is 1. The summed E-state index contributed by atoms with van der Waals surface area (Å²) in [6.45, 7) is 3.56. The van der Waals surface area contributed by atoms with Gasteiger partial charge in [-0.25, -0.2) is 9.78 Å². The normalized spacial score (nSPS) is 11.1. The van der Waals surface area contributed by atoms with Gasteiger partial charge >= 0.3 is 12.2 Å². The summed E-state index contributed by atoms with van der Waals surface area (Å²) in [5, 5.41) is 10.5. The number of aryl methyl sites for hydroxylation is 3. The first-order chi connectivity index (χ1) is 18.9. The van der Waals surface area contributed by atoms with Gasteiger partial charge in [0.15, 0.2) is 0 Å². The molecule has 0 atom stereocenters. The maximum atomic E-state index is 13.1. The average Bonchev–Trinajstić information content (AvgIpc) is 3.33. The van der Waals surface area contributed by atoms with E-state index in [0.717, 1.165) is 17.7 Å². The topological polar surface area (TPSA) is 117 Å². The Labute approximate surface area is 227 Å². The number of carbonyl (C=O) groups excluding carboxylic acids is 3. The highest BCUT2D eigenvalue weighted by Gasteiger charge is 2.30. The van der Waals surface area contributed by atoms with Crippen LogP contribution in [0, 0.1) is 13.8 Å². The van der Waals surface area contributed by atoms with Crippen LogP contribution in [0.25, 0.3) is 0 Å². The Morgan fingerprint density at radius 3 is 2.05 bits per heavy atom. The monoisotopic (exact) mass is 550 g/mol. The Kier molecular flexibility index (Phi) is 7.89. The van der Waals surface area contributed by atoms with Crippen LogP contribution in [-0.4, -0.2) is 27.4 Å². The largest absolute Gasteiger partial charge is 0.416 e. The lowest BCUT2D eigenvalue weighted by Crippen LogP contribution is -2.20. The molecule has 4 amide bonds. The molecule has 0 unspecified atom stereocenters. The third kappa shape index (κ3) is 6.65. The lowest BCUT2D eigenvalue weighted by Gasteiger charge is -2.14. The summed E-state index contributed by atoms with van der Waals surface area (Å²) in [5.74, 6) is -0.830. The second-order valence-corrected chi connectivity index (χ2v) is 9.02. The third-order valence-corrected chi connectivity index (χ3v) is 5.99. The standard InChI is InChI=1S/C28H25F3N6O3/c1-16-7-9-18(11-22(16)36-26(39)24-14-32-15-37(24)3)25(38)35-23-13-21(10-8-17(23)2)34-27(40)33-20-6-4-5-19(12-20)28(29,30)31/h4-15H,1-3H3,(H,35,38)(H,36,39)(H2,33,34,40). The van der Waals surface area contributed by atoms with Crippen molar-refractivity contribution in [2.75, 3.05) is 21.3 Å². The molecule has 9 nitrogen and oxygen atoms in total. The minimum atomic E-state index is -4.54. The number of carbonyl (C=O) groups is 3. The lowest BCUT2D eigenvalue weighted by molar-refractivity contribution is -0.137. The van der Waals surface area contributed by atoms with E-state index < -0.39 is 23.7 Å². The van der Waals surface area contributed by atoms with Crippen LogP contribution in [-0.2, 0) is 13.2 Å². The molecule has 0 radical (unpaired) electrons. The van der Waals surface area contributed by atoms with Gasteiger partial charge in [-0.05, 0) is 67.4 Å². The van der Waals surface area contributed by atoms with Crippen molar-refractivity contribution < 1.29 is 27.6 Å². The van der Waals surface area contributed by atoms with E-state index in [0.29, 0.717) is 28.3 Å². The van der Waals surface area contributed by atoms with Crippen LogP contribution in [0.3, 0.4) is 0 Å². The summed E-state index contributed by atoms with van der Waals surface area (Å²) in [7, 11) is 1.69. The first kappa shape index (κ1) is 27.9. The quantitative estimate of drug-likeness (QED) is 0.229. The van der Waals surface area contributed by atoms with Gasteiger partial charge in [-0.3, -0.25) is 9.59 Å². The number of aromatic nitrogens is 2. The Morgan fingerprint density at radius 1 is 0.775 bits per heavy atom. The van der Waals surface area contributed by atoms with Gasteiger partial charge in [-0.1, -0.05) is 18.2 Å². The number of benzene rings is 3. The van der Waals surface area contributed by atoms with E-state index in [1.807, 2.05) is 0 Å². The van der Waals surface area contributed by atoms with E-state index in [1.54, 1.807) is 55.8 Å². The minimum Gasteiger partial charge on any atom is -0.330 e. The number of halogens is 3. The number of urea groups is 1. The summed E-state index contributed by atoms with van der Waals surface area (Å²) < 4.78 is 40.4. The Balaban J connectivity index is 1.45. The summed E-state index contributed by atoms with van der Waals surface area (Å²) in [4.78, 5) is 42.0. The van der Waals surface area contributed by atoms with E-state index in [-0.39, 0.29) is 17.2 Å². The molecule has 4 rings (SSSR count). The highest BCUT2D eigenvalue weighted by molar-refractivity contribution is 6.08. The Morgan fingerprint density at radius 2 is 1.40 bits per heavy atom. The molecule has 40 heavy (non-hydrogen) atoms. The van der Waals surface area contributed by atoms with Gasteiger partial charge in [0, 0.05) is 35.4 Å². The van der Waals surface area contributed by atoms with E-state index in [1.165, 1.54) is 30.7 Å². The van der Waals surface area contributed by atoms with Crippen molar-refractivity contribution in [3.8, 4) is 0 Å². The zero-order valence-corrected chi connectivity index (χ0v) is 21.7. The van der Waals surface area contributed by atoms with Gasteiger partial charge in [-0.2, -0.15) is 13.2 Å². The highest BCUT2D eigenvalue weighted by Crippen LogP contribution is 2.31. The van der Waals surface area contributed by atoms with Crippen molar-refractivity contribution in [2.45, 2.75) is 20.0 Å². The third-order valence-electron chi connectivity index (χ3n) is 5.99. The summed E-state index contributed by atoms with van der Waals surface area (Å²) in [6.07, 6.45) is -1.60. The average molecular weight is 551 g/mol. The number of nitrogens with one attached hydrogen (secondary N) is 4. The van der Waals surface area contributed by atoms with E-state index in [9.17, 15) is 27.6 Å². The maximum absolute atomic E-state index is 13.1. The van der Waals surface area contributed by atoms with Crippen molar-refractivity contribution in [3.05, 3.63) is 101 Å². The molecule has 0 aliphatic rings. The van der Waals surface area contributed by atoms with Crippen molar-refractivity contribution in [1.82, 2.24) is 9.55 Å². The first-order valence-electron chi connectivity index (χ1n) is 12.0. The fourth-order valence-electron chi connectivity index (χ4n) is 3.76. The molecule has 0 saturated carbocycles. The van der Waals surface area contributed by atoms with Gasteiger partial charge in [-0.15, -0.1) is 0 Å². The molecule has 3 aromatic carbocycles. The number of hydrogen-bond acceptors (Lipinski definition) is 4. The summed E-state index contributed by atoms with van der Waals surface area (Å²) in [5.41, 5.74) is 2.34. The predicted octanol–water partition coefficient (Wildman–Crippen LogP) is 6.20. The molecule has 4 N–H and O–H groups in total. The zero-order chi connectivity index (χ0) is 29.0. The molecule has 0 spiro atoms. The molecule has 1 heterocycles. The Bertz CT molecular complexity index is 1600. The van der Waals surface area contributed by atoms with Crippen LogP contribution in [0.15, 0.2) is 73.2 Å². The van der Waals surface area contributed by atoms with Crippen LogP contribution in [0.1, 0.15) is 37.5 Å². The molecule has 0 fully saturated rings. The molecule has 4 aromatic rings. The fraction of sp³-hybridized carbons (Fsp3) is 0.143. The number of nitrogens with zero attached hydrogens (tertiary/aromatic N) is 2. The van der Waals surface area contributed by atoms with E-state index in [2.05, 4.69) is 26.3 Å². The Hall–Kier alpha value is -5.13. The minimum absolute atomic E-state index is 0.0291. The van der Waals surface area contributed by atoms with Crippen LogP contribution in [0.4, 0.5) is 40.7 Å². The van der Waals surface area contributed by atoms with E-state index >= 15 is 0 Å². The van der Waals surface area contributed by atoms with Crippen LogP contribution in [0.2, 0.25) is 0 Å². The predicted molar refractivity (Wildman–Crippen MR) is 146 cm³/mol. The smallest absolute Gasteiger partial charge is 0.330 e. The fourth-order valence-corrected chi connectivity index (χ4v) is 3.76. The molecule has 206 valence electrons. The molecule has 0 aliphatic carbocycles. The van der Waals surface area contributed by atoms with E-state index in [4.69, 9.17) is 0 Å². The van der Waals surface area contributed by atoms with Gasteiger partial charge in [0.1, 0.15) is 5.69 Å². The molecule has 0 saturated heterocycles. The highest BCUT2D eigenvalue weighted by atomic mass is 19.4. The molecule has 1 aromatic heterocycles. The first-order valence-corrected chi connectivity index (χ1v) is 12.0. The lowest BCUT2D eigenvalue weighted by atomic mass is 10.1. The number of hydrogen-bond donors (Lipinski definition) is 4. The van der Waals surface area contributed by atoms with Crippen LogP contribution < -0.4 is 21.3 Å². The molecular weight excluding hydrogens is 525 g/mol. The van der Waals surface area contributed by atoms with Crippen LogP contribution in [0.5, 0.6) is 0 Å². The number of rotatable bonds is 6. The number of alkyl halides is 3. The molecular formula is C28H25F3N6O3. The number of anilines is 4. The van der Waals surface area contributed by atoms with Crippen molar-refractivity contribution in [2.24, 2.45) is 7.05 Å². The molecule has 12 heteroatoms. The van der Waals surface area contributed by atoms with Gasteiger partial charge in [0.05, 0.1) is 18.1 Å². The second kappa shape index (κ2) is 11.3.